The maximum atomic E-state index is 13.0. The number of ether oxygens (including phenoxy) is 1. The maximum Gasteiger partial charge on any atom is 0.228 e. The maximum absolute atomic E-state index is 13.0. The van der Waals surface area contributed by atoms with Gasteiger partial charge in [0.2, 0.25) is 11.8 Å². The molecule has 25 heavy (non-hydrogen) atoms. The summed E-state index contributed by atoms with van der Waals surface area (Å²) in [6.07, 6.45) is 3.70. The molecule has 3 aliphatic heterocycles. The fourth-order valence-corrected chi connectivity index (χ4v) is 4.29. The Bertz CT molecular complexity index is 660. The Hall–Kier alpha value is -2.08. The predicted molar refractivity (Wildman–Crippen MR) is 94.6 cm³/mol. The van der Waals surface area contributed by atoms with Gasteiger partial charge in [0.1, 0.15) is 5.75 Å². The van der Waals surface area contributed by atoms with Gasteiger partial charge in [-0.05, 0) is 43.5 Å². The van der Waals surface area contributed by atoms with Gasteiger partial charge in [-0.3, -0.25) is 9.59 Å². The highest BCUT2D eigenvalue weighted by atomic mass is 16.5. The van der Waals surface area contributed by atoms with E-state index in [-0.39, 0.29) is 17.7 Å². The van der Waals surface area contributed by atoms with E-state index < -0.39 is 0 Å². The summed E-state index contributed by atoms with van der Waals surface area (Å²) in [5.41, 5.74) is 0.831. The molecule has 6 heteroatoms. The fourth-order valence-electron chi connectivity index (χ4n) is 4.29. The zero-order valence-corrected chi connectivity index (χ0v) is 14.6. The van der Waals surface area contributed by atoms with E-state index in [9.17, 15) is 9.59 Å². The summed E-state index contributed by atoms with van der Waals surface area (Å²) in [5, 5.41) is 3.60. The molecule has 0 saturated carbocycles. The second kappa shape index (κ2) is 6.67. The van der Waals surface area contributed by atoms with E-state index in [4.69, 9.17) is 4.74 Å². The first-order valence-electron chi connectivity index (χ1n) is 9.13. The van der Waals surface area contributed by atoms with Crippen LogP contribution in [0, 0.1) is 5.92 Å². The van der Waals surface area contributed by atoms with Crippen molar-refractivity contribution in [3.8, 4) is 5.75 Å². The number of fused-ring (bicyclic) bond motifs is 2. The highest BCUT2D eigenvalue weighted by molar-refractivity contribution is 6.00. The van der Waals surface area contributed by atoms with Gasteiger partial charge in [0.15, 0.2) is 0 Å². The van der Waals surface area contributed by atoms with Gasteiger partial charge >= 0.3 is 0 Å². The number of nitrogens with zero attached hydrogens (tertiary/aromatic N) is 2. The van der Waals surface area contributed by atoms with Crippen molar-refractivity contribution in [2.75, 3.05) is 31.6 Å². The second-order valence-corrected chi connectivity index (χ2v) is 7.31. The molecule has 3 unspecified atom stereocenters. The number of benzene rings is 1. The number of anilines is 1. The van der Waals surface area contributed by atoms with Crippen molar-refractivity contribution in [2.24, 2.45) is 5.92 Å². The van der Waals surface area contributed by atoms with Crippen LogP contribution in [0.5, 0.6) is 5.75 Å². The van der Waals surface area contributed by atoms with E-state index in [0.717, 1.165) is 37.4 Å². The third kappa shape index (κ3) is 3.23. The second-order valence-electron chi connectivity index (χ2n) is 7.31. The van der Waals surface area contributed by atoms with E-state index in [0.29, 0.717) is 25.0 Å². The zero-order valence-electron chi connectivity index (χ0n) is 14.6. The molecule has 0 aliphatic carbocycles. The number of carbonyl (C=O) groups excluding carboxylic acids is 2. The average molecular weight is 343 g/mol. The van der Waals surface area contributed by atoms with Gasteiger partial charge in [0.25, 0.3) is 0 Å². The van der Waals surface area contributed by atoms with Crippen molar-refractivity contribution < 1.29 is 14.3 Å². The SMILES string of the molecule is COc1ccc(N2CC(C(=O)N3CCC4CCC(C3)N4)CC2=O)cc1. The zero-order chi connectivity index (χ0) is 17.4. The van der Waals surface area contributed by atoms with Crippen LogP contribution in [0.3, 0.4) is 0 Å². The fraction of sp³-hybridized carbons (Fsp3) is 0.579. The molecule has 6 nitrogen and oxygen atoms in total. The molecule has 134 valence electrons. The molecule has 0 aromatic heterocycles. The number of rotatable bonds is 3. The molecule has 3 aliphatic rings. The summed E-state index contributed by atoms with van der Waals surface area (Å²) in [6, 6.07) is 8.41. The summed E-state index contributed by atoms with van der Waals surface area (Å²) < 4.78 is 5.16. The van der Waals surface area contributed by atoms with Gasteiger partial charge in [-0.15, -0.1) is 0 Å². The first kappa shape index (κ1) is 16.4. The average Bonchev–Trinajstić information content (AvgIpc) is 3.17. The molecule has 1 aromatic rings. The van der Waals surface area contributed by atoms with Crippen molar-refractivity contribution in [3.63, 3.8) is 0 Å². The van der Waals surface area contributed by atoms with Crippen LogP contribution in [0.25, 0.3) is 0 Å². The molecule has 1 aromatic carbocycles. The van der Waals surface area contributed by atoms with Crippen LogP contribution in [-0.4, -0.2) is 55.5 Å². The van der Waals surface area contributed by atoms with Crippen LogP contribution in [-0.2, 0) is 9.59 Å². The number of hydrogen-bond donors (Lipinski definition) is 1. The number of carbonyl (C=O) groups is 2. The lowest BCUT2D eigenvalue weighted by molar-refractivity contribution is -0.136. The lowest BCUT2D eigenvalue weighted by Crippen LogP contribution is -2.42. The van der Waals surface area contributed by atoms with E-state index >= 15 is 0 Å². The van der Waals surface area contributed by atoms with Crippen molar-refractivity contribution in [3.05, 3.63) is 24.3 Å². The van der Waals surface area contributed by atoms with Crippen molar-refractivity contribution >= 4 is 17.5 Å². The van der Waals surface area contributed by atoms with Gasteiger partial charge in [-0.2, -0.15) is 0 Å². The number of hydrogen-bond acceptors (Lipinski definition) is 4. The smallest absolute Gasteiger partial charge is 0.228 e. The largest absolute Gasteiger partial charge is 0.497 e. The van der Waals surface area contributed by atoms with Crippen LogP contribution in [0.15, 0.2) is 24.3 Å². The predicted octanol–water partition coefficient (Wildman–Crippen LogP) is 1.40. The van der Waals surface area contributed by atoms with Gasteiger partial charge in [-0.1, -0.05) is 0 Å². The Morgan fingerprint density at radius 2 is 1.88 bits per heavy atom. The third-order valence-corrected chi connectivity index (χ3v) is 5.69. The van der Waals surface area contributed by atoms with E-state index in [2.05, 4.69) is 5.32 Å². The van der Waals surface area contributed by atoms with Crippen molar-refractivity contribution in [2.45, 2.75) is 37.8 Å². The Balaban J connectivity index is 1.43. The normalized spacial score (nSPS) is 29.0. The van der Waals surface area contributed by atoms with Crippen LogP contribution < -0.4 is 15.0 Å². The van der Waals surface area contributed by atoms with Crippen molar-refractivity contribution in [1.82, 2.24) is 10.2 Å². The van der Waals surface area contributed by atoms with E-state index in [1.54, 1.807) is 12.0 Å². The van der Waals surface area contributed by atoms with Gasteiger partial charge in [0.05, 0.1) is 13.0 Å². The third-order valence-electron chi connectivity index (χ3n) is 5.69. The number of methoxy groups -OCH3 is 1. The number of amides is 2. The van der Waals surface area contributed by atoms with Gasteiger partial charge < -0.3 is 19.9 Å². The lowest BCUT2D eigenvalue weighted by atomic mass is 10.0. The summed E-state index contributed by atoms with van der Waals surface area (Å²) >= 11 is 0. The summed E-state index contributed by atoms with van der Waals surface area (Å²) in [6.45, 7) is 2.06. The Labute approximate surface area is 148 Å². The molecule has 4 rings (SSSR count). The Morgan fingerprint density at radius 3 is 2.64 bits per heavy atom. The molecule has 3 fully saturated rings. The van der Waals surface area contributed by atoms with Crippen molar-refractivity contribution in [1.29, 1.82) is 0 Å². The minimum atomic E-state index is -0.230. The molecule has 1 N–H and O–H groups in total. The first-order chi connectivity index (χ1) is 12.1. The molecule has 3 saturated heterocycles. The first-order valence-corrected chi connectivity index (χ1v) is 9.13. The number of nitrogens with one attached hydrogen (secondary N) is 1. The Morgan fingerprint density at radius 1 is 1.12 bits per heavy atom. The highest BCUT2D eigenvalue weighted by Crippen LogP contribution is 2.29. The summed E-state index contributed by atoms with van der Waals surface area (Å²) in [4.78, 5) is 29.1. The van der Waals surface area contributed by atoms with Crippen LogP contribution in [0.1, 0.15) is 25.7 Å². The quantitative estimate of drug-likeness (QED) is 0.901. The number of likely N-dealkylation sites (tertiary alicyclic amines) is 1. The van der Waals surface area contributed by atoms with Crippen LogP contribution in [0.2, 0.25) is 0 Å². The molecule has 3 heterocycles. The molecule has 0 spiro atoms. The summed E-state index contributed by atoms with van der Waals surface area (Å²) in [5.74, 6) is 0.693. The minimum Gasteiger partial charge on any atom is -0.497 e. The van der Waals surface area contributed by atoms with Gasteiger partial charge in [0, 0.05) is 43.8 Å². The molecule has 2 amide bonds. The molecular weight excluding hydrogens is 318 g/mol. The monoisotopic (exact) mass is 343 g/mol. The summed E-state index contributed by atoms with van der Waals surface area (Å²) in [7, 11) is 1.62. The molecule has 3 atom stereocenters. The minimum absolute atomic E-state index is 0.0259. The standard InChI is InChI=1S/C19H25N3O3/c1-25-17-6-4-16(5-7-17)22-11-13(10-18(22)23)19(24)21-9-8-14-2-3-15(12-21)20-14/h4-7,13-15,20H,2-3,8-12H2,1H3. The molecule has 2 bridgehead atoms. The topological polar surface area (TPSA) is 61.9 Å². The van der Waals surface area contributed by atoms with E-state index in [1.807, 2.05) is 29.2 Å². The van der Waals surface area contributed by atoms with Gasteiger partial charge in [-0.25, -0.2) is 0 Å². The van der Waals surface area contributed by atoms with Crippen LogP contribution in [0.4, 0.5) is 5.69 Å². The molecular formula is C19H25N3O3. The Kier molecular flexibility index (Phi) is 4.37. The lowest BCUT2D eigenvalue weighted by Gasteiger charge is -2.27. The highest BCUT2D eigenvalue weighted by Gasteiger charge is 2.39. The van der Waals surface area contributed by atoms with Crippen LogP contribution >= 0.6 is 0 Å². The van der Waals surface area contributed by atoms with E-state index in [1.165, 1.54) is 6.42 Å². The molecule has 0 radical (unpaired) electrons.